The van der Waals surface area contributed by atoms with Crippen LogP contribution in [0.1, 0.15) is 34.8 Å². The zero-order valence-electron chi connectivity index (χ0n) is 13.2. The van der Waals surface area contributed by atoms with Gasteiger partial charge >= 0.3 is 0 Å². The molecule has 0 saturated heterocycles. The van der Waals surface area contributed by atoms with Gasteiger partial charge in [0.05, 0.1) is 19.6 Å². The fourth-order valence-electron chi connectivity index (χ4n) is 3.16. The molecule has 0 saturated carbocycles. The first kappa shape index (κ1) is 14.6. The number of aryl methyl sites for hydroxylation is 1. The molecule has 3 heteroatoms. The monoisotopic (exact) mass is 296 g/mol. The van der Waals surface area contributed by atoms with Crippen LogP contribution in [0.25, 0.3) is 0 Å². The minimum atomic E-state index is -0.478. The van der Waals surface area contributed by atoms with E-state index in [0.717, 1.165) is 41.0 Å². The topological polar surface area (TPSA) is 35.5 Å². The maximum Gasteiger partial charge on any atom is 0.173 e. The molecule has 0 bridgehead atoms. The summed E-state index contributed by atoms with van der Waals surface area (Å²) in [4.78, 5) is 13.0. The van der Waals surface area contributed by atoms with Crippen molar-refractivity contribution in [2.24, 2.45) is 0 Å². The molecule has 0 aromatic heterocycles. The number of methoxy groups -OCH3 is 2. The Morgan fingerprint density at radius 3 is 2.23 bits per heavy atom. The van der Waals surface area contributed by atoms with Gasteiger partial charge in [-0.2, -0.15) is 0 Å². The number of benzene rings is 2. The quantitative estimate of drug-likeness (QED) is 0.864. The Bertz CT molecular complexity index is 703. The van der Waals surface area contributed by atoms with Gasteiger partial charge in [0, 0.05) is 5.56 Å². The first-order valence-corrected chi connectivity index (χ1v) is 7.45. The number of carbonyl (C=O) groups excluding carboxylic acids is 1. The average Bonchev–Trinajstić information content (AvgIpc) is 2.58. The molecule has 1 atom stereocenters. The maximum absolute atomic E-state index is 13.0. The van der Waals surface area contributed by atoms with E-state index in [1.807, 2.05) is 49.4 Å². The number of carbonyl (C=O) groups is 1. The van der Waals surface area contributed by atoms with Crippen molar-refractivity contribution in [1.29, 1.82) is 0 Å². The highest BCUT2D eigenvalue weighted by molar-refractivity contribution is 6.06. The molecule has 0 aliphatic heterocycles. The fraction of sp³-hybridized carbons (Fsp3) is 0.316. The van der Waals surface area contributed by atoms with Crippen LogP contribution in [-0.4, -0.2) is 20.0 Å². The molecule has 0 N–H and O–H groups in total. The number of Topliss-reactive ketones (excluding diaryl/α,β-unsaturated/α-hetero) is 1. The molecular formula is C19H20O3. The summed E-state index contributed by atoms with van der Waals surface area (Å²) in [5.74, 6) is 1.79. The van der Waals surface area contributed by atoms with Crippen molar-refractivity contribution in [3.8, 4) is 11.5 Å². The number of ether oxygens (including phenoxy) is 2. The van der Waals surface area contributed by atoms with E-state index in [9.17, 15) is 4.79 Å². The van der Waals surface area contributed by atoms with Crippen molar-refractivity contribution in [3.63, 3.8) is 0 Å². The number of hydrogen-bond acceptors (Lipinski definition) is 3. The van der Waals surface area contributed by atoms with Crippen LogP contribution >= 0.6 is 0 Å². The Hall–Kier alpha value is -2.29. The molecule has 0 heterocycles. The second-order valence-electron chi connectivity index (χ2n) is 5.91. The largest absolute Gasteiger partial charge is 0.497 e. The lowest BCUT2D eigenvalue weighted by Gasteiger charge is -2.34. The van der Waals surface area contributed by atoms with E-state index in [1.165, 1.54) is 0 Å². The number of ketones is 1. The molecule has 0 spiro atoms. The number of hydrogen-bond donors (Lipinski definition) is 0. The SMILES string of the molecule is COc1ccc(C2(C)CCc3cc(OC)ccc3C2=O)cc1. The smallest absolute Gasteiger partial charge is 0.173 e. The number of fused-ring (bicyclic) bond motifs is 1. The minimum Gasteiger partial charge on any atom is -0.497 e. The van der Waals surface area contributed by atoms with E-state index in [-0.39, 0.29) is 5.78 Å². The molecule has 1 unspecified atom stereocenters. The van der Waals surface area contributed by atoms with Crippen molar-refractivity contribution < 1.29 is 14.3 Å². The lowest BCUT2D eigenvalue weighted by molar-refractivity contribution is 0.0875. The van der Waals surface area contributed by atoms with Gasteiger partial charge in [-0.1, -0.05) is 12.1 Å². The van der Waals surface area contributed by atoms with E-state index in [1.54, 1.807) is 14.2 Å². The lowest BCUT2D eigenvalue weighted by Crippen LogP contribution is -2.37. The van der Waals surface area contributed by atoms with Crippen molar-refractivity contribution >= 4 is 5.78 Å². The van der Waals surface area contributed by atoms with Gasteiger partial charge in [0.15, 0.2) is 5.78 Å². The highest BCUT2D eigenvalue weighted by Crippen LogP contribution is 2.39. The zero-order valence-corrected chi connectivity index (χ0v) is 13.2. The molecule has 2 aromatic rings. The molecule has 1 aliphatic rings. The van der Waals surface area contributed by atoms with Gasteiger partial charge in [0.2, 0.25) is 0 Å². The van der Waals surface area contributed by atoms with E-state index >= 15 is 0 Å². The van der Waals surface area contributed by atoms with Gasteiger partial charge in [-0.3, -0.25) is 4.79 Å². The lowest BCUT2D eigenvalue weighted by atomic mass is 9.68. The molecule has 0 radical (unpaired) electrons. The molecule has 2 aromatic carbocycles. The highest BCUT2D eigenvalue weighted by atomic mass is 16.5. The maximum atomic E-state index is 13.0. The van der Waals surface area contributed by atoms with Crippen LogP contribution < -0.4 is 9.47 Å². The minimum absolute atomic E-state index is 0.182. The highest BCUT2D eigenvalue weighted by Gasteiger charge is 2.39. The van der Waals surface area contributed by atoms with Gasteiger partial charge in [-0.25, -0.2) is 0 Å². The Labute approximate surface area is 130 Å². The van der Waals surface area contributed by atoms with Crippen molar-refractivity contribution in [3.05, 3.63) is 59.2 Å². The summed E-state index contributed by atoms with van der Waals surface area (Å²) in [6, 6.07) is 13.5. The van der Waals surface area contributed by atoms with Gasteiger partial charge in [0.25, 0.3) is 0 Å². The second-order valence-corrected chi connectivity index (χ2v) is 5.91. The first-order valence-electron chi connectivity index (χ1n) is 7.45. The Morgan fingerprint density at radius 2 is 1.59 bits per heavy atom. The summed E-state index contributed by atoms with van der Waals surface area (Å²) >= 11 is 0. The van der Waals surface area contributed by atoms with Crippen molar-refractivity contribution in [1.82, 2.24) is 0 Å². The summed E-state index contributed by atoms with van der Waals surface area (Å²) in [7, 11) is 3.29. The summed E-state index contributed by atoms with van der Waals surface area (Å²) in [6.45, 7) is 2.03. The van der Waals surface area contributed by atoms with Gasteiger partial charge in [-0.05, 0) is 61.2 Å². The molecule has 3 nitrogen and oxygen atoms in total. The standard InChI is InChI=1S/C19H20O3/c1-19(14-4-6-15(21-2)7-5-14)11-10-13-12-16(22-3)8-9-17(13)18(19)20/h4-9,12H,10-11H2,1-3H3. The van der Waals surface area contributed by atoms with E-state index in [0.29, 0.717) is 0 Å². The van der Waals surface area contributed by atoms with Crippen LogP contribution in [0.4, 0.5) is 0 Å². The van der Waals surface area contributed by atoms with Gasteiger partial charge in [0.1, 0.15) is 11.5 Å². The van der Waals surface area contributed by atoms with Crippen LogP contribution in [0.2, 0.25) is 0 Å². The first-order chi connectivity index (χ1) is 10.6. The normalized spacial score (nSPS) is 20.4. The molecular weight excluding hydrogens is 276 g/mol. The fourth-order valence-corrected chi connectivity index (χ4v) is 3.16. The van der Waals surface area contributed by atoms with Gasteiger partial charge < -0.3 is 9.47 Å². The predicted molar refractivity (Wildman–Crippen MR) is 86.0 cm³/mol. The Morgan fingerprint density at radius 1 is 0.955 bits per heavy atom. The van der Waals surface area contributed by atoms with Crippen LogP contribution in [-0.2, 0) is 11.8 Å². The van der Waals surface area contributed by atoms with E-state index in [4.69, 9.17) is 9.47 Å². The van der Waals surface area contributed by atoms with Gasteiger partial charge in [-0.15, -0.1) is 0 Å². The van der Waals surface area contributed by atoms with Crippen molar-refractivity contribution in [2.45, 2.75) is 25.2 Å². The van der Waals surface area contributed by atoms with E-state index in [2.05, 4.69) is 0 Å². The molecule has 3 rings (SSSR count). The Kier molecular flexibility index (Phi) is 3.65. The molecule has 22 heavy (non-hydrogen) atoms. The summed E-state index contributed by atoms with van der Waals surface area (Å²) < 4.78 is 10.5. The van der Waals surface area contributed by atoms with Crippen LogP contribution in [0.3, 0.4) is 0 Å². The third-order valence-corrected chi connectivity index (χ3v) is 4.68. The van der Waals surface area contributed by atoms with Crippen LogP contribution in [0.15, 0.2) is 42.5 Å². The average molecular weight is 296 g/mol. The third kappa shape index (κ3) is 2.27. The van der Waals surface area contributed by atoms with E-state index < -0.39 is 5.41 Å². The second kappa shape index (κ2) is 5.48. The Balaban J connectivity index is 1.99. The molecule has 0 fully saturated rings. The molecule has 1 aliphatic carbocycles. The molecule has 114 valence electrons. The third-order valence-electron chi connectivity index (χ3n) is 4.68. The predicted octanol–water partition coefficient (Wildman–Crippen LogP) is 3.79. The summed E-state index contributed by atoms with van der Waals surface area (Å²) in [6.07, 6.45) is 1.68. The van der Waals surface area contributed by atoms with Crippen LogP contribution in [0.5, 0.6) is 11.5 Å². The van der Waals surface area contributed by atoms with Crippen LogP contribution in [0, 0.1) is 0 Å². The van der Waals surface area contributed by atoms with Crippen molar-refractivity contribution in [2.75, 3.05) is 14.2 Å². The summed E-state index contributed by atoms with van der Waals surface area (Å²) in [5, 5.41) is 0. The number of rotatable bonds is 3. The molecule has 0 amide bonds. The summed E-state index contributed by atoms with van der Waals surface area (Å²) in [5.41, 5.74) is 2.45. The zero-order chi connectivity index (χ0) is 15.7.